The summed E-state index contributed by atoms with van der Waals surface area (Å²) in [6.07, 6.45) is 2.06. The molecular formula is C19H28ClN5O2. The Kier molecular flexibility index (Phi) is 7.62. The molecule has 0 unspecified atom stereocenters. The van der Waals surface area contributed by atoms with Crippen molar-refractivity contribution in [3.8, 4) is 11.4 Å². The predicted octanol–water partition coefficient (Wildman–Crippen LogP) is 2.47. The maximum absolute atomic E-state index is 12.9. The molecule has 0 saturated carbocycles. The number of aromatic nitrogens is 3. The van der Waals surface area contributed by atoms with Crippen molar-refractivity contribution in [1.82, 2.24) is 25.2 Å². The number of benzene rings is 1. The summed E-state index contributed by atoms with van der Waals surface area (Å²) in [5, 5.41) is 11.7. The van der Waals surface area contributed by atoms with Gasteiger partial charge in [0, 0.05) is 13.1 Å². The molecule has 1 fully saturated rings. The first-order valence-corrected chi connectivity index (χ1v) is 9.20. The van der Waals surface area contributed by atoms with E-state index in [1.54, 1.807) is 11.8 Å². The van der Waals surface area contributed by atoms with Gasteiger partial charge in [-0.3, -0.25) is 4.79 Å². The Morgan fingerprint density at radius 2 is 1.93 bits per heavy atom. The third-order valence-corrected chi connectivity index (χ3v) is 5.00. The third kappa shape index (κ3) is 4.78. The summed E-state index contributed by atoms with van der Waals surface area (Å²) in [6.45, 7) is 7.59. The van der Waals surface area contributed by atoms with E-state index in [0.29, 0.717) is 11.6 Å². The number of nitrogens with one attached hydrogen (secondary N) is 1. The van der Waals surface area contributed by atoms with Crippen molar-refractivity contribution in [3.63, 3.8) is 0 Å². The van der Waals surface area contributed by atoms with Gasteiger partial charge in [0.05, 0.1) is 18.5 Å². The van der Waals surface area contributed by atoms with E-state index >= 15 is 0 Å². The summed E-state index contributed by atoms with van der Waals surface area (Å²) in [7, 11) is 1.63. The molecule has 0 aliphatic carbocycles. The molecule has 0 atom stereocenters. The number of halogens is 1. The highest BCUT2D eigenvalue weighted by atomic mass is 35.5. The van der Waals surface area contributed by atoms with E-state index in [9.17, 15) is 4.79 Å². The van der Waals surface area contributed by atoms with E-state index in [0.717, 1.165) is 56.2 Å². The molecule has 1 aliphatic heterocycles. The number of likely N-dealkylation sites (tertiary alicyclic amines) is 1. The molecule has 1 amide bonds. The number of methoxy groups -OCH3 is 1. The lowest BCUT2D eigenvalue weighted by atomic mass is 9.96. The minimum atomic E-state index is -0.0239. The third-order valence-electron chi connectivity index (χ3n) is 5.00. The highest BCUT2D eigenvalue weighted by Crippen LogP contribution is 2.21. The molecule has 0 spiro atoms. The lowest BCUT2D eigenvalue weighted by Crippen LogP contribution is -2.41. The van der Waals surface area contributed by atoms with Crippen LogP contribution in [-0.4, -0.2) is 59.1 Å². The topological polar surface area (TPSA) is 72.3 Å². The van der Waals surface area contributed by atoms with E-state index < -0.39 is 0 Å². The van der Waals surface area contributed by atoms with Crippen LogP contribution in [0.3, 0.4) is 0 Å². The van der Waals surface area contributed by atoms with Gasteiger partial charge in [-0.2, -0.15) is 0 Å². The molecule has 1 aromatic heterocycles. The molecule has 1 N–H and O–H groups in total. The summed E-state index contributed by atoms with van der Waals surface area (Å²) in [4.78, 5) is 14.8. The van der Waals surface area contributed by atoms with Gasteiger partial charge in [-0.25, -0.2) is 4.68 Å². The lowest BCUT2D eigenvalue weighted by molar-refractivity contribution is 0.0683. The summed E-state index contributed by atoms with van der Waals surface area (Å²) < 4.78 is 6.88. The van der Waals surface area contributed by atoms with E-state index in [4.69, 9.17) is 4.74 Å². The number of piperidine rings is 1. The SMILES string of the molecule is CCNCC1CCN(C(=O)c2nnn(-c3ccc(OC)cc3)c2C)CC1.Cl. The average Bonchev–Trinajstić information content (AvgIpc) is 3.07. The Morgan fingerprint density at radius 1 is 1.26 bits per heavy atom. The number of amides is 1. The van der Waals surface area contributed by atoms with Crippen molar-refractivity contribution >= 4 is 18.3 Å². The first kappa shape index (κ1) is 21.2. The molecule has 3 rings (SSSR count). The first-order valence-electron chi connectivity index (χ1n) is 9.20. The summed E-state index contributed by atoms with van der Waals surface area (Å²) in [5.41, 5.74) is 2.06. The smallest absolute Gasteiger partial charge is 0.276 e. The Labute approximate surface area is 166 Å². The van der Waals surface area contributed by atoms with Gasteiger partial charge in [0.15, 0.2) is 5.69 Å². The maximum atomic E-state index is 12.9. The number of rotatable bonds is 6. The molecular weight excluding hydrogens is 366 g/mol. The minimum Gasteiger partial charge on any atom is -0.497 e. The van der Waals surface area contributed by atoms with Crippen molar-refractivity contribution < 1.29 is 9.53 Å². The molecule has 0 bridgehead atoms. The van der Waals surface area contributed by atoms with Gasteiger partial charge in [-0.1, -0.05) is 12.1 Å². The van der Waals surface area contributed by atoms with Crippen LogP contribution in [0.5, 0.6) is 5.75 Å². The number of ether oxygens (including phenoxy) is 1. The fourth-order valence-electron chi connectivity index (χ4n) is 3.33. The number of carbonyl (C=O) groups excluding carboxylic acids is 1. The fourth-order valence-corrected chi connectivity index (χ4v) is 3.33. The Bertz CT molecular complexity index is 739. The molecule has 2 aromatic rings. The van der Waals surface area contributed by atoms with E-state index in [2.05, 4.69) is 22.6 Å². The van der Waals surface area contributed by atoms with Crippen molar-refractivity contribution in [2.75, 3.05) is 33.3 Å². The number of carbonyl (C=O) groups is 1. The fraction of sp³-hybridized carbons (Fsp3) is 0.526. The zero-order valence-corrected chi connectivity index (χ0v) is 17.0. The van der Waals surface area contributed by atoms with Crippen LogP contribution in [0, 0.1) is 12.8 Å². The highest BCUT2D eigenvalue weighted by Gasteiger charge is 2.27. The number of nitrogens with zero attached hydrogens (tertiary/aromatic N) is 4. The molecule has 27 heavy (non-hydrogen) atoms. The van der Waals surface area contributed by atoms with Gasteiger partial charge in [0.1, 0.15) is 5.75 Å². The van der Waals surface area contributed by atoms with Crippen LogP contribution in [0.25, 0.3) is 5.69 Å². The van der Waals surface area contributed by atoms with Gasteiger partial charge in [0.25, 0.3) is 5.91 Å². The average molecular weight is 394 g/mol. The van der Waals surface area contributed by atoms with E-state index in [-0.39, 0.29) is 18.3 Å². The highest BCUT2D eigenvalue weighted by molar-refractivity contribution is 5.93. The van der Waals surface area contributed by atoms with Crippen molar-refractivity contribution in [3.05, 3.63) is 35.7 Å². The monoisotopic (exact) mass is 393 g/mol. The van der Waals surface area contributed by atoms with Crippen LogP contribution in [0.4, 0.5) is 0 Å². The molecule has 8 heteroatoms. The quantitative estimate of drug-likeness (QED) is 0.816. The van der Waals surface area contributed by atoms with Gasteiger partial charge >= 0.3 is 0 Å². The maximum Gasteiger partial charge on any atom is 0.276 e. The Balaban J connectivity index is 0.00000261. The predicted molar refractivity (Wildman–Crippen MR) is 107 cm³/mol. The molecule has 148 valence electrons. The van der Waals surface area contributed by atoms with Crippen LogP contribution in [-0.2, 0) is 0 Å². The second-order valence-corrected chi connectivity index (χ2v) is 6.68. The number of hydrogen-bond donors (Lipinski definition) is 1. The minimum absolute atomic E-state index is 0. The summed E-state index contributed by atoms with van der Waals surface area (Å²) >= 11 is 0. The molecule has 0 radical (unpaired) electrons. The molecule has 1 aliphatic rings. The normalized spacial score (nSPS) is 14.7. The molecule has 7 nitrogen and oxygen atoms in total. The Morgan fingerprint density at radius 3 is 2.52 bits per heavy atom. The van der Waals surface area contributed by atoms with E-state index in [1.165, 1.54) is 0 Å². The zero-order valence-electron chi connectivity index (χ0n) is 16.1. The van der Waals surface area contributed by atoms with Gasteiger partial charge < -0.3 is 15.0 Å². The summed E-state index contributed by atoms with van der Waals surface area (Å²) in [6, 6.07) is 7.54. The van der Waals surface area contributed by atoms with E-state index in [1.807, 2.05) is 36.1 Å². The molecule has 1 saturated heterocycles. The van der Waals surface area contributed by atoms with Crippen molar-refractivity contribution in [1.29, 1.82) is 0 Å². The van der Waals surface area contributed by atoms with Gasteiger partial charge in [-0.05, 0) is 63.0 Å². The van der Waals surface area contributed by atoms with Crippen LogP contribution in [0.15, 0.2) is 24.3 Å². The van der Waals surface area contributed by atoms with Crippen molar-refractivity contribution in [2.24, 2.45) is 5.92 Å². The van der Waals surface area contributed by atoms with Crippen molar-refractivity contribution in [2.45, 2.75) is 26.7 Å². The standard InChI is InChI=1S/C19H27N5O2.ClH/c1-4-20-13-15-9-11-23(12-10-15)19(25)18-14(2)24(22-21-18)16-5-7-17(26-3)8-6-16;/h5-8,15,20H,4,9-13H2,1-3H3;1H. The van der Waals surface area contributed by atoms with Crippen LogP contribution in [0.1, 0.15) is 35.9 Å². The second kappa shape index (κ2) is 9.71. The molecule has 2 heterocycles. The van der Waals surface area contributed by atoms with Gasteiger partial charge in [-0.15, -0.1) is 17.5 Å². The van der Waals surface area contributed by atoms with Crippen LogP contribution >= 0.6 is 12.4 Å². The van der Waals surface area contributed by atoms with Crippen LogP contribution < -0.4 is 10.1 Å². The Hall–Kier alpha value is -2.12. The lowest BCUT2D eigenvalue weighted by Gasteiger charge is -2.31. The number of hydrogen-bond acceptors (Lipinski definition) is 5. The van der Waals surface area contributed by atoms with Gasteiger partial charge in [0.2, 0.25) is 0 Å². The van der Waals surface area contributed by atoms with Crippen LogP contribution in [0.2, 0.25) is 0 Å². The second-order valence-electron chi connectivity index (χ2n) is 6.68. The first-order chi connectivity index (χ1) is 12.6. The zero-order chi connectivity index (χ0) is 18.5. The molecule has 1 aromatic carbocycles. The largest absolute Gasteiger partial charge is 0.497 e. The summed E-state index contributed by atoms with van der Waals surface area (Å²) in [5.74, 6) is 1.41.